The van der Waals surface area contributed by atoms with Crippen molar-refractivity contribution in [2.24, 2.45) is 0 Å². The fraction of sp³-hybridized carbons (Fsp3) is 0.857. The van der Waals surface area contributed by atoms with Gasteiger partial charge in [-0.15, -0.1) is 0 Å². The SMILES string of the molecule is CCCC[NH+]=C(C)[Se]C. The maximum atomic E-state index is 3.38. The Hall–Kier alpha value is 0.189. The molecular weight excluding hydrogens is 177 g/mol. The third-order valence-electron chi connectivity index (χ3n) is 1.21. The first kappa shape index (κ1) is 9.19. The summed E-state index contributed by atoms with van der Waals surface area (Å²) in [4.78, 5) is 3.38. The fourth-order valence-corrected chi connectivity index (χ4v) is 1.03. The molecule has 0 aromatic carbocycles. The number of hydrogen-bond donors (Lipinski definition) is 1. The van der Waals surface area contributed by atoms with Crippen molar-refractivity contribution in [3.63, 3.8) is 0 Å². The van der Waals surface area contributed by atoms with Crippen molar-refractivity contribution in [1.29, 1.82) is 0 Å². The van der Waals surface area contributed by atoms with E-state index in [9.17, 15) is 0 Å². The zero-order valence-corrected chi connectivity index (χ0v) is 8.24. The average molecular weight is 193 g/mol. The Kier molecular flexibility index (Phi) is 6.44. The van der Waals surface area contributed by atoms with Crippen molar-refractivity contribution < 1.29 is 4.99 Å². The Morgan fingerprint density at radius 3 is 2.67 bits per heavy atom. The van der Waals surface area contributed by atoms with Crippen LogP contribution in [0.4, 0.5) is 0 Å². The second-order valence-corrected chi connectivity index (χ2v) is 4.18. The molecule has 0 saturated heterocycles. The van der Waals surface area contributed by atoms with E-state index in [1.807, 2.05) is 0 Å². The Bertz CT molecular complexity index is 88.9. The first-order valence-corrected chi connectivity index (χ1v) is 5.99. The van der Waals surface area contributed by atoms with Gasteiger partial charge in [-0.25, -0.2) is 0 Å². The first-order chi connectivity index (χ1) is 4.31. The molecule has 1 nitrogen and oxygen atoms in total. The van der Waals surface area contributed by atoms with Crippen LogP contribution >= 0.6 is 0 Å². The summed E-state index contributed by atoms with van der Waals surface area (Å²) in [5.41, 5.74) is 0. The zero-order valence-electron chi connectivity index (χ0n) is 6.53. The van der Waals surface area contributed by atoms with Gasteiger partial charge in [0.2, 0.25) is 0 Å². The van der Waals surface area contributed by atoms with Crippen LogP contribution in [0.25, 0.3) is 0 Å². The van der Waals surface area contributed by atoms with Gasteiger partial charge in [0.15, 0.2) is 0 Å². The number of rotatable bonds is 4. The second-order valence-electron chi connectivity index (χ2n) is 2.04. The van der Waals surface area contributed by atoms with Gasteiger partial charge in [0, 0.05) is 0 Å². The summed E-state index contributed by atoms with van der Waals surface area (Å²) >= 11 is 0.688. The van der Waals surface area contributed by atoms with Gasteiger partial charge in [0.25, 0.3) is 0 Å². The van der Waals surface area contributed by atoms with Crippen molar-refractivity contribution in [1.82, 2.24) is 0 Å². The minimum absolute atomic E-state index is 0.688. The normalized spacial score (nSPS) is 12.1. The summed E-state index contributed by atoms with van der Waals surface area (Å²) in [5, 5.41) is 0. The molecule has 0 aliphatic carbocycles. The van der Waals surface area contributed by atoms with Crippen LogP contribution in [0.3, 0.4) is 0 Å². The molecule has 0 fully saturated rings. The second kappa shape index (κ2) is 6.31. The molecule has 0 saturated carbocycles. The first-order valence-electron chi connectivity index (χ1n) is 3.42. The molecule has 0 atom stereocenters. The van der Waals surface area contributed by atoms with Crippen molar-refractivity contribution in [3.05, 3.63) is 0 Å². The molecule has 54 valence electrons. The van der Waals surface area contributed by atoms with Crippen LogP contribution in [0, 0.1) is 0 Å². The average Bonchev–Trinajstić information content (AvgIpc) is 1.89. The topological polar surface area (TPSA) is 14.0 Å². The van der Waals surface area contributed by atoms with Gasteiger partial charge < -0.3 is 0 Å². The Balaban J connectivity index is 3.21. The van der Waals surface area contributed by atoms with Crippen LogP contribution in [0.15, 0.2) is 0 Å². The van der Waals surface area contributed by atoms with Crippen LogP contribution in [0.1, 0.15) is 26.7 Å². The molecule has 0 unspecified atom stereocenters. The van der Waals surface area contributed by atoms with Gasteiger partial charge >= 0.3 is 63.6 Å². The molecular formula is C7H16NSe+. The summed E-state index contributed by atoms with van der Waals surface area (Å²) in [6.45, 7) is 5.56. The summed E-state index contributed by atoms with van der Waals surface area (Å²) in [7, 11) is 0. The van der Waals surface area contributed by atoms with E-state index >= 15 is 0 Å². The van der Waals surface area contributed by atoms with E-state index in [2.05, 4.69) is 24.7 Å². The monoisotopic (exact) mass is 194 g/mol. The van der Waals surface area contributed by atoms with Crippen LogP contribution in [0.5, 0.6) is 0 Å². The summed E-state index contributed by atoms with van der Waals surface area (Å²) < 4.78 is 1.47. The van der Waals surface area contributed by atoms with Crippen molar-refractivity contribution in [3.8, 4) is 0 Å². The molecule has 0 heterocycles. The third-order valence-corrected chi connectivity index (χ3v) is 2.80. The van der Waals surface area contributed by atoms with Crippen LogP contribution in [0.2, 0.25) is 5.82 Å². The van der Waals surface area contributed by atoms with Crippen molar-refractivity contribution in [2.45, 2.75) is 32.5 Å². The van der Waals surface area contributed by atoms with Crippen molar-refractivity contribution in [2.75, 3.05) is 6.54 Å². The van der Waals surface area contributed by atoms with Gasteiger partial charge in [-0.1, -0.05) is 0 Å². The van der Waals surface area contributed by atoms with Crippen LogP contribution in [-0.4, -0.2) is 26.1 Å². The summed E-state index contributed by atoms with van der Waals surface area (Å²) in [6.07, 6.45) is 2.59. The van der Waals surface area contributed by atoms with E-state index in [1.165, 1.54) is 17.5 Å². The standard InChI is InChI=1S/C7H15NSe/c1-4-5-6-8-7(2)9-3/h4-6H2,1-3H3/p+1. The van der Waals surface area contributed by atoms with Crippen LogP contribution < -0.4 is 4.99 Å². The van der Waals surface area contributed by atoms with Crippen LogP contribution in [-0.2, 0) is 0 Å². The molecule has 2 heteroatoms. The van der Waals surface area contributed by atoms with E-state index in [1.54, 1.807) is 0 Å². The molecule has 0 spiro atoms. The third kappa shape index (κ3) is 6.07. The Labute approximate surface area is 64.1 Å². The molecule has 0 amide bonds. The minimum atomic E-state index is 0.688. The maximum absolute atomic E-state index is 3.38. The van der Waals surface area contributed by atoms with Gasteiger partial charge in [-0.05, 0) is 0 Å². The number of hydrogen-bond acceptors (Lipinski definition) is 0. The fourth-order valence-electron chi connectivity index (χ4n) is 0.513. The van der Waals surface area contributed by atoms with Crippen molar-refractivity contribution >= 4 is 19.6 Å². The molecule has 9 heavy (non-hydrogen) atoms. The summed E-state index contributed by atoms with van der Waals surface area (Å²) in [6, 6.07) is 0. The molecule has 0 radical (unpaired) electrons. The van der Waals surface area contributed by atoms with E-state index in [-0.39, 0.29) is 0 Å². The predicted molar refractivity (Wildman–Crippen MR) is 43.0 cm³/mol. The van der Waals surface area contributed by atoms with Gasteiger partial charge in [-0.3, -0.25) is 0 Å². The molecule has 0 aromatic rings. The van der Waals surface area contributed by atoms with E-state index in [0.29, 0.717) is 15.0 Å². The molecule has 0 aromatic heterocycles. The molecule has 0 aliphatic heterocycles. The quantitative estimate of drug-likeness (QED) is 0.368. The number of nitrogens with one attached hydrogen (secondary N) is 1. The molecule has 0 aliphatic rings. The van der Waals surface area contributed by atoms with Gasteiger partial charge in [0.1, 0.15) is 0 Å². The van der Waals surface area contributed by atoms with E-state index in [4.69, 9.17) is 0 Å². The van der Waals surface area contributed by atoms with E-state index < -0.39 is 0 Å². The Morgan fingerprint density at radius 2 is 2.22 bits per heavy atom. The molecule has 0 bridgehead atoms. The number of unbranched alkanes of at least 4 members (excludes halogenated alkanes) is 1. The van der Waals surface area contributed by atoms with Gasteiger partial charge in [0.05, 0.1) is 0 Å². The molecule has 0 rings (SSSR count). The molecule has 1 N–H and O–H groups in total. The zero-order chi connectivity index (χ0) is 7.11. The predicted octanol–water partition coefficient (Wildman–Crippen LogP) is 0.0378. The Morgan fingerprint density at radius 1 is 1.56 bits per heavy atom. The van der Waals surface area contributed by atoms with Gasteiger partial charge in [-0.2, -0.15) is 0 Å². The van der Waals surface area contributed by atoms with E-state index in [0.717, 1.165) is 6.54 Å². The summed E-state index contributed by atoms with van der Waals surface area (Å²) in [5.74, 6) is 2.24.